The van der Waals surface area contributed by atoms with Gasteiger partial charge in [-0.3, -0.25) is 18.4 Å². The number of aliphatic hydroxyl groups is 4. The molecule has 5 rings (SSSR count). The van der Waals surface area contributed by atoms with Crippen molar-refractivity contribution < 1.29 is 67.0 Å². The number of ether oxygens (including phenoxy) is 2. The van der Waals surface area contributed by atoms with Crippen molar-refractivity contribution in [3.05, 3.63) is 36.7 Å². The van der Waals surface area contributed by atoms with E-state index in [-0.39, 0.29) is 29.0 Å². The highest BCUT2D eigenvalue weighted by Gasteiger charge is 2.48. The molecule has 2 aromatic heterocycles. The minimum atomic E-state index is -5.37. The van der Waals surface area contributed by atoms with Gasteiger partial charge in [-0.1, -0.05) is 6.08 Å². The largest absolute Gasteiger partial charge is 0.481 e. The highest BCUT2D eigenvalue weighted by molar-refractivity contribution is 7.61. The van der Waals surface area contributed by atoms with Gasteiger partial charge in [0.05, 0.1) is 19.5 Å². The fourth-order valence-electron chi connectivity index (χ4n) is 4.68. The Labute approximate surface area is 247 Å². The molecule has 2 aromatic rings. The second kappa shape index (κ2) is 12.5. The number of aromatic nitrogens is 4. The van der Waals surface area contributed by atoms with E-state index in [0.29, 0.717) is 0 Å². The maximum absolute atomic E-state index is 12.4. The summed E-state index contributed by atoms with van der Waals surface area (Å²) in [5.74, 6) is -0.658. The van der Waals surface area contributed by atoms with Gasteiger partial charge in [-0.15, -0.1) is 0 Å². The number of aliphatic hydroxyl groups excluding tert-OH is 4. The first-order valence-electron chi connectivity index (χ1n) is 12.7. The van der Waals surface area contributed by atoms with Crippen LogP contribution in [0, 0.1) is 0 Å². The molecule has 3 aliphatic heterocycles. The summed E-state index contributed by atoms with van der Waals surface area (Å²) in [5.41, 5.74) is 11.6. The molecule has 0 saturated carbocycles. The molecule has 6 unspecified atom stereocenters. The number of phosphoric acid groups is 2. The number of carbonyl (C=O) groups is 1. The maximum Gasteiger partial charge on any atom is 0.481 e. The Balaban J connectivity index is 1.15. The zero-order valence-corrected chi connectivity index (χ0v) is 24.2. The molecule has 0 radical (unpaired) electrons. The van der Waals surface area contributed by atoms with E-state index in [1.807, 2.05) is 0 Å². The molecule has 0 bridgehead atoms. The van der Waals surface area contributed by atoms with E-state index in [1.54, 1.807) is 6.08 Å². The molecule has 10 atom stereocenters. The average Bonchev–Trinajstić information content (AvgIpc) is 3.61. The Morgan fingerprint density at radius 1 is 0.955 bits per heavy atom. The number of nitrogen functional groups attached to an aromatic ring is 1. The minimum Gasteiger partial charge on any atom is -0.387 e. The molecular formula is C21H29N7O14P2. The van der Waals surface area contributed by atoms with E-state index in [2.05, 4.69) is 19.3 Å². The van der Waals surface area contributed by atoms with Gasteiger partial charge in [0.15, 0.2) is 23.9 Å². The van der Waals surface area contributed by atoms with Gasteiger partial charge < -0.3 is 56.1 Å². The van der Waals surface area contributed by atoms with Crippen molar-refractivity contribution in [1.29, 1.82) is 0 Å². The molecule has 2 fully saturated rings. The number of rotatable bonds is 11. The van der Waals surface area contributed by atoms with Crippen LogP contribution in [0.15, 0.2) is 36.7 Å². The Kier molecular flexibility index (Phi) is 9.23. The van der Waals surface area contributed by atoms with Gasteiger partial charge in [-0.25, -0.2) is 24.1 Å². The molecule has 5 heterocycles. The molecule has 44 heavy (non-hydrogen) atoms. The number of nitrogens with two attached hydrogens (primary N) is 2. The Morgan fingerprint density at radius 2 is 1.55 bits per heavy atom. The topological polar surface area (TPSA) is 318 Å². The van der Waals surface area contributed by atoms with Gasteiger partial charge >= 0.3 is 15.6 Å². The molecule has 10 N–H and O–H groups in total. The first kappa shape index (κ1) is 32.5. The normalized spacial score (nSPS) is 33.3. The van der Waals surface area contributed by atoms with Gasteiger partial charge in [0, 0.05) is 18.0 Å². The van der Waals surface area contributed by atoms with Gasteiger partial charge in [0.2, 0.25) is 5.91 Å². The third kappa shape index (κ3) is 6.70. The van der Waals surface area contributed by atoms with Crippen molar-refractivity contribution in [2.45, 2.75) is 55.5 Å². The summed E-state index contributed by atoms with van der Waals surface area (Å²) in [6, 6.07) is 0. The van der Waals surface area contributed by atoms with Crippen molar-refractivity contribution in [2.75, 3.05) is 18.9 Å². The average molecular weight is 665 g/mol. The van der Waals surface area contributed by atoms with Crippen molar-refractivity contribution >= 4 is 38.5 Å². The Morgan fingerprint density at radius 3 is 2.16 bits per heavy atom. The lowest BCUT2D eigenvalue weighted by Crippen LogP contribution is -2.40. The third-order valence-corrected chi connectivity index (χ3v) is 9.48. The van der Waals surface area contributed by atoms with Crippen LogP contribution in [-0.4, -0.2) is 117 Å². The number of phosphoric ester groups is 2. The SMILES string of the molecule is NC(=O)C1=CN([C@@H]2O[C@H](COP(=O)(O)OP(=O)(O)OC[C@H]3O[C@@H](n4cnc5c(N)ncnc54)C(O)C3O)C(O)C2O)C=CC1. The Hall–Kier alpha value is -2.88. The first-order chi connectivity index (χ1) is 20.7. The smallest absolute Gasteiger partial charge is 0.387 e. The molecule has 23 heteroatoms. The number of amides is 1. The van der Waals surface area contributed by atoms with E-state index in [4.69, 9.17) is 30.0 Å². The van der Waals surface area contributed by atoms with Crippen LogP contribution in [0.4, 0.5) is 5.82 Å². The Bertz CT molecular complexity index is 1560. The molecule has 2 saturated heterocycles. The van der Waals surface area contributed by atoms with Crippen molar-refractivity contribution in [2.24, 2.45) is 5.73 Å². The second-order valence-corrected chi connectivity index (χ2v) is 12.9. The lowest BCUT2D eigenvalue weighted by atomic mass is 10.1. The molecule has 21 nitrogen and oxygen atoms in total. The van der Waals surface area contributed by atoms with Crippen LogP contribution in [-0.2, 0) is 36.8 Å². The van der Waals surface area contributed by atoms with Crippen LogP contribution in [0.5, 0.6) is 0 Å². The third-order valence-electron chi connectivity index (χ3n) is 6.88. The van der Waals surface area contributed by atoms with Gasteiger partial charge in [-0.2, -0.15) is 4.31 Å². The zero-order chi connectivity index (χ0) is 32.0. The molecule has 1 amide bonds. The fraction of sp³-hybridized carbons (Fsp3) is 0.524. The standard InChI is InChI=1S/C21H29N7O14P2/c22-17-12-19(25-7-24-17)28(8-26-12)21-16(32)14(30)11(41-21)6-39-44(36,37)42-43(34,35)38-5-10-13(29)15(31)20(40-10)27-3-1-2-9(4-27)18(23)33/h1,3-4,7-8,10-11,13-16,20-21,29-32H,2,5-6H2,(H2,23,33)(H,34,35)(H,36,37)(H2,22,24,25)/t10-,11-,13?,14?,15?,16?,20-,21-/m1/s1. The van der Waals surface area contributed by atoms with Crippen LogP contribution in [0.1, 0.15) is 12.6 Å². The number of imidazole rings is 1. The van der Waals surface area contributed by atoms with Gasteiger partial charge in [0.1, 0.15) is 48.5 Å². The number of carbonyl (C=O) groups excluding carboxylic acids is 1. The predicted octanol–water partition coefficient (Wildman–Crippen LogP) is -2.69. The monoisotopic (exact) mass is 665 g/mol. The highest BCUT2D eigenvalue weighted by Crippen LogP contribution is 2.60. The van der Waals surface area contributed by atoms with E-state index >= 15 is 0 Å². The fourth-order valence-corrected chi connectivity index (χ4v) is 6.77. The summed E-state index contributed by atoms with van der Waals surface area (Å²) in [7, 11) is -10.7. The molecule has 0 aromatic carbocycles. The van der Waals surface area contributed by atoms with Crippen LogP contribution in [0.25, 0.3) is 11.2 Å². The van der Waals surface area contributed by atoms with Crippen molar-refractivity contribution in [3.8, 4) is 0 Å². The van der Waals surface area contributed by atoms with E-state index < -0.39 is 83.8 Å². The predicted molar refractivity (Wildman–Crippen MR) is 142 cm³/mol. The van der Waals surface area contributed by atoms with E-state index in [9.17, 15) is 44.1 Å². The van der Waals surface area contributed by atoms with E-state index in [0.717, 1.165) is 6.33 Å². The number of anilines is 1. The molecule has 0 aliphatic carbocycles. The summed E-state index contributed by atoms with van der Waals surface area (Å²) >= 11 is 0. The lowest BCUT2D eigenvalue weighted by molar-refractivity contribution is -0.115. The van der Waals surface area contributed by atoms with Gasteiger partial charge in [0.25, 0.3) is 0 Å². The number of allylic oxidation sites excluding steroid dienone is 1. The van der Waals surface area contributed by atoms with Gasteiger partial charge in [-0.05, 0) is 6.42 Å². The number of fused-ring (bicyclic) bond motifs is 1. The van der Waals surface area contributed by atoms with Crippen molar-refractivity contribution in [1.82, 2.24) is 24.4 Å². The summed E-state index contributed by atoms with van der Waals surface area (Å²) in [4.78, 5) is 44.6. The quantitative estimate of drug-likeness (QED) is 0.113. The maximum atomic E-state index is 12.4. The molecular weight excluding hydrogens is 636 g/mol. The summed E-state index contributed by atoms with van der Waals surface area (Å²) in [6.07, 6.45) is -4.88. The number of hydrogen-bond acceptors (Lipinski definition) is 17. The minimum absolute atomic E-state index is 0.0517. The number of hydrogen-bond donors (Lipinski definition) is 8. The summed E-state index contributed by atoms with van der Waals surface area (Å²) < 4.78 is 50.8. The lowest BCUT2D eigenvalue weighted by Gasteiger charge is -2.28. The summed E-state index contributed by atoms with van der Waals surface area (Å²) in [6.45, 7) is -1.79. The van der Waals surface area contributed by atoms with Crippen molar-refractivity contribution in [3.63, 3.8) is 0 Å². The molecule has 242 valence electrons. The van der Waals surface area contributed by atoms with Crippen LogP contribution < -0.4 is 11.5 Å². The molecule has 0 spiro atoms. The van der Waals surface area contributed by atoms with Crippen LogP contribution >= 0.6 is 15.6 Å². The zero-order valence-electron chi connectivity index (χ0n) is 22.4. The number of primary amides is 1. The molecule has 3 aliphatic rings. The second-order valence-electron chi connectivity index (χ2n) is 9.84. The number of nitrogens with zero attached hydrogens (tertiary/aromatic N) is 5. The summed E-state index contributed by atoms with van der Waals surface area (Å²) in [5, 5.41) is 41.6. The van der Waals surface area contributed by atoms with Crippen LogP contribution in [0.3, 0.4) is 0 Å². The highest BCUT2D eigenvalue weighted by atomic mass is 31.3. The van der Waals surface area contributed by atoms with Crippen LogP contribution in [0.2, 0.25) is 0 Å². The van der Waals surface area contributed by atoms with E-state index in [1.165, 1.54) is 28.2 Å². The first-order valence-corrected chi connectivity index (χ1v) is 15.7.